The molecule has 0 aliphatic carbocycles. The molecule has 128 valence electrons. The Bertz CT molecular complexity index is 281. The van der Waals surface area contributed by atoms with E-state index in [1.165, 1.54) is 76.7 Å². The molecule has 0 rings (SSSR count). The molecule has 0 spiro atoms. The van der Waals surface area contributed by atoms with Crippen LogP contribution in [-0.4, -0.2) is 12.6 Å². The predicted molar refractivity (Wildman–Crippen MR) is 96.0 cm³/mol. The fourth-order valence-electron chi connectivity index (χ4n) is 2.40. The summed E-state index contributed by atoms with van der Waals surface area (Å²) in [6, 6.07) is 0. The maximum atomic E-state index is 10.8. The SMILES string of the molecule is C=CC(=O)OCCCCCC/C=C/CCCCCCCCC. The van der Waals surface area contributed by atoms with Gasteiger partial charge < -0.3 is 4.74 Å². The third kappa shape index (κ3) is 17.0. The van der Waals surface area contributed by atoms with Gasteiger partial charge in [-0.2, -0.15) is 0 Å². The van der Waals surface area contributed by atoms with Gasteiger partial charge in [0.2, 0.25) is 0 Å². The van der Waals surface area contributed by atoms with Gasteiger partial charge in [-0.15, -0.1) is 0 Å². The summed E-state index contributed by atoms with van der Waals surface area (Å²) in [7, 11) is 0. The number of carbonyl (C=O) groups is 1. The van der Waals surface area contributed by atoms with Crippen molar-refractivity contribution in [2.24, 2.45) is 0 Å². The van der Waals surface area contributed by atoms with Crippen LogP contribution in [0.4, 0.5) is 0 Å². The Morgan fingerprint density at radius 3 is 1.86 bits per heavy atom. The molecule has 0 bridgehead atoms. The fraction of sp³-hybridized carbons (Fsp3) is 0.750. The first-order valence-electron chi connectivity index (χ1n) is 9.25. The molecule has 0 saturated carbocycles. The Balaban J connectivity index is 3.11. The highest BCUT2D eigenvalue weighted by Crippen LogP contribution is 2.09. The molecular formula is C20H36O2. The van der Waals surface area contributed by atoms with E-state index in [1.54, 1.807) is 0 Å². The summed E-state index contributed by atoms with van der Waals surface area (Å²) in [5.74, 6) is -0.312. The third-order valence-electron chi connectivity index (χ3n) is 3.82. The summed E-state index contributed by atoms with van der Waals surface area (Å²) in [5.41, 5.74) is 0. The number of esters is 1. The zero-order valence-electron chi connectivity index (χ0n) is 14.7. The number of allylic oxidation sites excluding steroid dienone is 2. The highest BCUT2D eigenvalue weighted by atomic mass is 16.5. The van der Waals surface area contributed by atoms with Gasteiger partial charge in [0, 0.05) is 6.08 Å². The second kappa shape index (κ2) is 18.0. The quantitative estimate of drug-likeness (QED) is 0.143. The van der Waals surface area contributed by atoms with E-state index >= 15 is 0 Å². The minimum atomic E-state index is -0.312. The van der Waals surface area contributed by atoms with Gasteiger partial charge in [0.15, 0.2) is 0 Å². The minimum Gasteiger partial charge on any atom is -0.463 e. The lowest BCUT2D eigenvalue weighted by Gasteiger charge is -2.01. The Labute approximate surface area is 138 Å². The highest BCUT2D eigenvalue weighted by Gasteiger charge is 1.94. The molecule has 0 aliphatic rings. The molecule has 0 unspecified atom stereocenters. The van der Waals surface area contributed by atoms with E-state index in [0.29, 0.717) is 6.61 Å². The van der Waals surface area contributed by atoms with E-state index in [2.05, 4.69) is 25.7 Å². The van der Waals surface area contributed by atoms with Gasteiger partial charge in [-0.1, -0.05) is 77.0 Å². The largest absolute Gasteiger partial charge is 0.463 e. The minimum absolute atomic E-state index is 0.312. The summed E-state index contributed by atoms with van der Waals surface area (Å²) < 4.78 is 4.93. The van der Waals surface area contributed by atoms with Gasteiger partial charge in [-0.05, 0) is 32.1 Å². The lowest BCUT2D eigenvalue weighted by Crippen LogP contribution is -2.01. The van der Waals surface area contributed by atoms with Crippen LogP contribution in [0, 0.1) is 0 Å². The summed E-state index contributed by atoms with van der Waals surface area (Å²) in [6.07, 6.45) is 22.6. The van der Waals surface area contributed by atoms with Crippen LogP contribution >= 0.6 is 0 Å². The van der Waals surface area contributed by atoms with Crippen LogP contribution in [0.15, 0.2) is 24.8 Å². The van der Waals surface area contributed by atoms with Gasteiger partial charge >= 0.3 is 5.97 Å². The van der Waals surface area contributed by atoms with Gasteiger partial charge in [0.25, 0.3) is 0 Å². The van der Waals surface area contributed by atoms with Crippen molar-refractivity contribution in [3.8, 4) is 0 Å². The average molecular weight is 309 g/mol. The van der Waals surface area contributed by atoms with Crippen molar-refractivity contribution < 1.29 is 9.53 Å². The van der Waals surface area contributed by atoms with Crippen molar-refractivity contribution in [3.63, 3.8) is 0 Å². The summed E-state index contributed by atoms with van der Waals surface area (Å²) in [4.78, 5) is 10.8. The van der Waals surface area contributed by atoms with Crippen LogP contribution in [0.25, 0.3) is 0 Å². The Kier molecular flexibility index (Phi) is 17.1. The fourth-order valence-corrected chi connectivity index (χ4v) is 2.40. The average Bonchev–Trinajstić information content (AvgIpc) is 2.54. The van der Waals surface area contributed by atoms with Crippen molar-refractivity contribution in [3.05, 3.63) is 24.8 Å². The van der Waals surface area contributed by atoms with Crippen molar-refractivity contribution in [2.45, 2.75) is 90.4 Å². The van der Waals surface area contributed by atoms with Crippen molar-refractivity contribution >= 4 is 5.97 Å². The number of rotatable bonds is 16. The van der Waals surface area contributed by atoms with Gasteiger partial charge in [-0.25, -0.2) is 4.79 Å². The van der Waals surface area contributed by atoms with Gasteiger partial charge in [0.05, 0.1) is 6.61 Å². The van der Waals surface area contributed by atoms with Crippen molar-refractivity contribution in [2.75, 3.05) is 6.61 Å². The smallest absolute Gasteiger partial charge is 0.330 e. The molecule has 0 aromatic heterocycles. The Morgan fingerprint density at radius 2 is 1.32 bits per heavy atom. The van der Waals surface area contributed by atoms with Crippen LogP contribution in [0.5, 0.6) is 0 Å². The lowest BCUT2D eigenvalue weighted by atomic mass is 10.1. The molecule has 22 heavy (non-hydrogen) atoms. The second-order valence-corrected chi connectivity index (χ2v) is 5.96. The van der Waals surface area contributed by atoms with E-state index < -0.39 is 0 Å². The van der Waals surface area contributed by atoms with E-state index in [9.17, 15) is 4.79 Å². The summed E-state index contributed by atoms with van der Waals surface area (Å²) in [6.45, 7) is 6.16. The zero-order valence-corrected chi connectivity index (χ0v) is 14.7. The molecule has 2 heteroatoms. The third-order valence-corrected chi connectivity index (χ3v) is 3.82. The molecule has 0 amide bonds. The second-order valence-electron chi connectivity index (χ2n) is 5.96. The van der Waals surface area contributed by atoms with E-state index in [0.717, 1.165) is 12.8 Å². The molecule has 0 fully saturated rings. The number of hydrogen-bond acceptors (Lipinski definition) is 2. The van der Waals surface area contributed by atoms with E-state index in [-0.39, 0.29) is 5.97 Å². The Morgan fingerprint density at radius 1 is 0.818 bits per heavy atom. The number of hydrogen-bond donors (Lipinski definition) is 0. The lowest BCUT2D eigenvalue weighted by molar-refractivity contribution is -0.137. The van der Waals surface area contributed by atoms with Crippen LogP contribution < -0.4 is 0 Å². The van der Waals surface area contributed by atoms with Gasteiger partial charge in [-0.3, -0.25) is 0 Å². The maximum absolute atomic E-state index is 10.8. The first-order valence-corrected chi connectivity index (χ1v) is 9.25. The topological polar surface area (TPSA) is 26.3 Å². The molecule has 0 aromatic rings. The van der Waals surface area contributed by atoms with Crippen LogP contribution in [0.1, 0.15) is 90.4 Å². The number of carbonyl (C=O) groups excluding carboxylic acids is 1. The summed E-state index contributed by atoms with van der Waals surface area (Å²) >= 11 is 0. The standard InChI is InChI=1S/C20H36O2/c1-3-5-6-7-8-9-10-11-12-13-14-15-16-17-18-19-22-20(21)4-2/h4,12-13H,2-3,5-11,14-19H2,1H3/b13-12+. The molecular weight excluding hydrogens is 272 g/mol. The number of unbranched alkanes of at least 4 members (excludes halogenated alkanes) is 11. The Hall–Kier alpha value is -1.05. The molecule has 2 nitrogen and oxygen atoms in total. The first-order chi connectivity index (χ1) is 10.8. The van der Waals surface area contributed by atoms with E-state index in [1.807, 2.05) is 0 Å². The summed E-state index contributed by atoms with van der Waals surface area (Å²) in [5, 5.41) is 0. The molecule has 0 heterocycles. The van der Waals surface area contributed by atoms with Gasteiger partial charge in [0.1, 0.15) is 0 Å². The van der Waals surface area contributed by atoms with Crippen molar-refractivity contribution in [1.29, 1.82) is 0 Å². The van der Waals surface area contributed by atoms with Crippen LogP contribution in [0.2, 0.25) is 0 Å². The van der Waals surface area contributed by atoms with Crippen molar-refractivity contribution in [1.82, 2.24) is 0 Å². The van der Waals surface area contributed by atoms with Crippen LogP contribution in [0.3, 0.4) is 0 Å². The zero-order chi connectivity index (χ0) is 16.3. The molecule has 0 aromatic carbocycles. The first kappa shape index (κ1) is 20.9. The van der Waals surface area contributed by atoms with E-state index in [4.69, 9.17) is 4.74 Å². The molecule has 0 atom stereocenters. The predicted octanol–water partition coefficient (Wildman–Crippen LogP) is 6.36. The maximum Gasteiger partial charge on any atom is 0.330 e. The molecule has 0 saturated heterocycles. The van der Waals surface area contributed by atoms with Crippen LogP contribution in [-0.2, 0) is 9.53 Å². The molecule has 0 radical (unpaired) electrons. The number of ether oxygens (including phenoxy) is 1. The highest BCUT2D eigenvalue weighted by molar-refractivity contribution is 5.81. The monoisotopic (exact) mass is 308 g/mol. The normalized spacial score (nSPS) is 11.0. The molecule has 0 aliphatic heterocycles. The molecule has 0 N–H and O–H groups in total.